The van der Waals surface area contributed by atoms with Gasteiger partial charge < -0.3 is 24.6 Å². The minimum atomic E-state index is 0. The fraction of sp³-hybridized carbons (Fsp3) is 0.650. The van der Waals surface area contributed by atoms with Gasteiger partial charge in [0, 0.05) is 39.3 Å². The lowest BCUT2D eigenvalue weighted by Crippen LogP contribution is -2.44. The number of nitrogens with zero attached hydrogens (tertiary/aromatic N) is 3. The molecule has 1 aromatic carbocycles. The van der Waals surface area contributed by atoms with E-state index in [0.29, 0.717) is 17.5 Å². The number of methoxy groups -OCH3 is 1. The van der Waals surface area contributed by atoms with E-state index >= 15 is 0 Å². The number of piperidine rings is 1. The Bertz CT molecular complexity index is 583. The van der Waals surface area contributed by atoms with Crippen LogP contribution in [-0.2, 0) is 4.74 Å². The summed E-state index contributed by atoms with van der Waals surface area (Å²) in [6, 6.07) is 7.47. The van der Waals surface area contributed by atoms with Gasteiger partial charge in [0.1, 0.15) is 12.4 Å². The number of halogens is 2. The lowest BCUT2D eigenvalue weighted by atomic mass is 9.97. The van der Waals surface area contributed by atoms with Gasteiger partial charge in [-0.1, -0.05) is 17.7 Å². The van der Waals surface area contributed by atoms with Gasteiger partial charge in [-0.15, -0.1) is 24.0 Å². The summed E-state index contributed by atoms with van der Waals surface area (Å²) in [6.45, 7) is 6.45. The van der Waals surface area contributed by atoms with Gasteiger partial charge in [0.2, 0.25) is 0 Å². The number of likely N-dealkylation sites (N-methyl/N-ethyl adjacent to an activating group) is 1. The van der Waals surface area contributed by atoms with Crippen LogP contribution in [-0.4, -0.2) is 82.9 Å². The van der Waals surface area contributed by atoms with Gasteiger partial charge in [0.25, 0.3) is 0 Å². The van der Waals surface area contributed by atoms with E-state index < -0.39 is 0 Å². The molecule has 0 spiro atoms. The monoisotopic (exact) mass is 524 g/mol. The first kappa shape index (κ1) is 25.3. The molecule has 0 atom stereocenters. The number of nitrogens with one attached hydrogen (secondary N) is 1. The second kappa shape index (κ2) is 14.3. The van der Waals surface area contributed by atoms with Gasteiger partial charge >= 0.3 is 0 Å². The summed E-state index contributed by atoms with van der Waals surface area (Å²) < 4.78 is 10.9. The topological polar surface area (TPSA) is 49.3 Å². The van der Waals surface area contributed by atoms with Crippen molar-refractivity contribution >= 4 is 41.5 Å². The largest absolute Gasteiger partial charge is 0.492 e. The van der Waals surface area contributed by atoms with E-state index in [1.165, 1.54) is 12.8 Å². The fourth-order valence-electron chi connectivity index (χ4n) is 3.22. The summed E-state index contributed by atoms with van der Waals surface area (Å²) in [4.78, 5) is 8.97. The Balaban J connectivity index is 0.00000392. The average Bonchev–Trinajstić information content (AvgIpc) is 2.68. The maximum Gasteiger partial charge on any atom is 0.193 e. The Morgan fingerprint density at radius 2 is 2.07 bits per heavy atom. The van der Waals surface area contributed by atoms with E-state index in [1.54, 1.807) is 7.11 Å². The number of hydrogen-bond acceptors (Lipinski definition) is 4. The zero-order valence-corrected chi connectivity index (χ0v) is 20.3. The average molecular weight is 525 g/mol. The molecule has 1 aliphatic rings. The van der Waals surface area contributed by atoms with Crippen molar-refractivity contribution in [2.24, 2.45) is 10.9 Å². The number of benzene rings is 1. The second-order valence-corrected chi connectivity index (χ2v) is 7.37. The molecule has 1 N–H and O–H groups in total. The lowest BCUT2D eigenvalue weighted by Gasteiger charge is -2.32. The van der Waals surface area contributed by atoms with Crippen LogP contribution in [0.5, 0.6) is 5.75 Å². The predicted molar refractivity (Wildman–Crippen MR) is 127 cm³/mol. The summed E-state index contributed by atoms with van der Waals surface area (Å²) in [6.07, 6.45) is 2.44. The number of rotatable bonds is 9. The van der Waals surface area contributed by atoms with Gasteiger partial charge in [-0.3, -0.25) is 4.99 Å². The normalized spacial score (nSPS) is 15.8. The van der Waals surface area contributed by atoms with Crippen LogP contribution in [0.3, 0.4) is 0 Å². The SMILES string of the molecule is CN=C(NCC1CCN(CCOC)CC1)N(C)CCOc1cccc(Cl)c1.I. The molecular formula is C20H34ClIN4O2. The van der Waals surface area contributed by atoms with Crippen LogP contribution in [0.4, 0.5) is 0 Å². The summed E-state index contributed by atoms with van der Waals surface area (Å²) in [5.41, 5.74) is 0. The third kappa shape index (κ3) is 9.15. The van der Waals surface area contributed by atoms with Gasteiger partial charge in [0.15, 0.2) is 5.96 Å². The molecule has 28 heavy (non-hydrogen) atoms. The molecule has 0 unspecified atom stereocenters. The van der Waals surface area contributed by atoms with Crippen LogP contribution in [0.25, 0.3) is 0 Å². The zero-order valence-electron chi connectivity index (χ0n) is 17.2. The summed E-state index contributed by atoms with van der Waals surface area (Å²) in [7, 11) is 5.62. The molecule has 0 aliphatic carbocycles. The molecule has 0 amide bonds. The highest BCUT2D eigenvalue weighted by molar-refractivity contribution is 14.0. The highest BCUT2D eigenvalue weighted by atomic mass is 127. The Morgan fingerprint density at radius 1 is 1.32 bits per heavy atom. The molecule has 1 saturated heterocycles. The molecule has 1 aliphatic heterocycles. The standard InChI is InChI=1S/C20H33ClN4O2.HI/c1-22-20(23-16-17-7-9-25(10-8-17)12-13-26-3)24(2)11-14-27-19-6-4-5-18(21)15-19;/h4-6,15,17H,7-14,16H2,1-3H3,(H,22,23);1H. The van der Waals surface area contributed by atoms with E-state index in [0.717, 1.165) is 51.0 Å². The van der Waals surface area contributed by atoms with Crippen LogP contribution in [0, 0.1) is 5.92 Å². The van der Waals surface area contributed by atoms with E-state index in [4.69, 9.17) is 21.1 Å². The number of guanidine groups is 1. The first-order valence-corrected chi connectivity index (χ1v) is 10.0. The number of hydrogen-bond donors (Lipinski definition) is 1. The Labute approximate surface area is 191 Å². The number of aliphatic imine (C=N–C) groups is 1. The number of ether oxygens (including phenoxy) is 2. The third-order valence-corrected chi connectivity index (χ3v) is 5.17. The molecule has 2 rings (SSSR count). The summed E-state index contributed by atoms with van der Waals surface area (Å²) >= 11 is 5.98. The molecule has 160 valence electrons. The van der Waals surface area contributed by atoms with Crippen molar-refractivity contribution < 1.29 is 9.47 Å². The molecule has 1 aromatic rings. The van der Waals surface area contributed by atoms with Crippen molar-refractivity contribution in [3.8, 4) is 5.75 Å². The Morgan fingerprint density at radius 3 is 2.71 bits per heavy atom. The quantitative estimate of drug-likeness (QED) is 0.305. The molecule has 6 nitrogen and oxygen atoms in total. The fourth-order valence-corrected chi connectivity index (χ4v) is 3.40. The van der Waals surface area contributed by atoms with E-state index in [1.807, 2.05) is 38.4 Å². The molecule has 0 radical (unpaired) electrons. The Hall–Kier alpha value is -0.770. The summed E-state index contributed by atoms with van der Waals surface area (Å²) in [5.74, 6) is 2.39. The zero-order chi connectivity index (χ0) is 19.5. The van der Waals surface area contributed by atoms with E-state index in [-0.39, 0.29) is 24.0 Å². The van der Waals surface area contributed by atoms with Crippen molar-refractivity contribution in [2.75, 3.05) is 67.1 Å². The van der Waals surface area contributed by atoms with Gasteiger partial charge in [-0.25, -0.2) is 0 Å². The van der Waals surface area contributed by atoms with E-state index in [9.17, 15) is 0 Å². The van der Waals surface area contributed by atoms with Gasteiger partial charge in [0.05, 0.1) is 13.2 Å². The van der Waals surface area contributed by atoms with Gasteiger partial charge in [-0.05, 0) is 50.0 Å². The molecule has 1 fully saturated rings. The van der Waals surface area contributed by atoms with Crippen molar-refractivity contribution in [3.05, 3.63) is 29.3 Å². The minimum Gasteiger partial charge on any atom is -0.492 e. The van der Waals surface area contributed by atoms with Crippen molar-refractivity contribution in [1.29, 1.82) is 0 Å². The van der Waals surface area contributed by atoms with Crippen LogP contribution >= 0.6 is 35.6 Å². The smallest absolute Gasteiger partial charge is 0.193 e. The van der Waals surface area contributed by atoms with Gasteiger partial charge in [-0.2, -0.15) is 0 Å². The Kier molecular flexibility index (Phi) is 12.9. The highest BCUT2D eigenvalue weighted by Gasteiger charge is 2.19. The maximum atomic E-state index is 5.98. The van der Waals surface area contributed by atoms with Crippen LogP contribution in [0.15, 0.2) is 29.3 Å². The van der Waals surface area contributed by atoms with Crippen LogP contribution < -0.4 is 10.1 Å². The molecule has 0 aromatic heterocycles. The summed E-state index contributed by atoms with van der Waals surface area (Å²) in [5, 5.41) is 4.20. The van der Waals surface area contributed by atoms with Crippen molar-refractivity contribution in [2.45, 2.75) is 12.8 Å². The predicted octanol–water partition coefficient (Wildman–Crippen LogP) is 3.20. The lowest BCUT2D eigenvalue weighted by molar-refractivity contribution is 0.120. The first-order chi connectivity index (χ1) is 13.1. The third-order valence-electron chi connectivity index (χ3n) is 4.93. The molecule has 0 bridgehead atoms. The molecular weight excluding hydrogens is 491 g/mol. The number of likely N-dealkylation sites (tertiary alicyclic amines) is 1. The van der Waals surface area contributed by atoms with Crippen LogP contribution in [0.1, 0.15) is 12.8 Å². The van der Waals surface area contributed by atoms with E-state index in [2.05, 4.69) is 20.1 Å². The van der Waals surface area contributed by atoms with Crippen LogP contribution in [0.2, 0.25) is 5.02 Å². The molecule has 8 heteroatoms. The second-order valence-electron chi connectivity index (χ2n) is 6.93. The molecule has 0 saturated carbocycles. The molecule has 1 heterocycles. The maximum absolute atomic E-state index is 5.98. The van der Waals surface area contributed by atoms with Crippen molar-refractivity contribution in [3.63, 3.8) is 0 Å². The first-order valence-electron chi connectivity index (χ1n) is 9.63. The van der Waals surface area contributed by atoms with Crippen molar-refractivity contribution in [1.82, 2.24) is 15.1 Å². The minimum absolute atomic E-state index is 0. The highest BCUT2D eigenvalue weighted by Crippen LogP contribution is 2.17.